The molecule has 0 fully saturated rings. The first kappa shape index (κ1) is 20.8. The first-order chi connectivity index (χ1) is 16.0. The van der Waals surface area contributed by atoms with Gasteiger partial charge in [-0.05, 0) is 42.0 Å². The van der Waals surface area contributed by atoms with Gasteiger partial charge in [-0.1, -0.05) is 35.9 Å². The van der Waals surface area contributed by atoms with E-state index in [0.29, 0.717) is 50.6 Å². The molecule has 7 heteroatoms. The van der Waals surface area contributed by atoms with Crippen molar-refractivity contribution < 1.29 is 18.3 Å². The average Bonchev–Trinajstić information content (AvgIpc) is 2.81. The highest BCUT2D eigenvalue weighted by molar-refractivity contribution is 6.30. The van der Waals surface area contributed by atoms with Gasteiger partial charge in [0.2, 0.25) is 0 Å². The van der Waals surface area contributed by atoms with Crippen molar-refractivity contribution in [3.63, 3.8) is 0 Å². The lowest BCUT2D eigenvalue weighted by Gasteiger charge is -2.10. The number of ether oxygens (including phenoxy) is 2. The molecule has 0 aliphatic rings. The van der Waals surface area contributed by atoms with Gasteiger partial charge in [0, 0.05) is 33.5 Å². The summed E-state index contributed by atoms with van der Waals surface area (Å²) in [5.74, 6) is 0.966. The van der Waals surface area contributed by atoms with Crippen LogP contribution in [0.25, 0.3) is 33.1 Å². The fraction of sp³-hybridized carbons (Fsp3) is 0.0769. The van der Waals surface area contributed by atoms with E-state index < -0.39 is 11.3 Å². The molecule has 164 valence electrons. The quantitative estimate of drug-likeness (QED) is 0.308. The van der Waals surface area contributed by atoms with Crippen molar-refractivity contribution in [1.82, 2.24) is 0 Å². The molecule has 0 saturated heterocycles. The maximum Gasteiger partial charge on any atom is 0.344 e. The lowest BCUT2D eigenvalue weighted by Crippen LogP contribution is -2.07. The van der Waals surface area contributed by atoms with E-state index in [9.17, 15) is 9.59 Å². The van der Waals surface area contributed by atoms with Gasteiger partial charge in [-0.25, -0.2) is 9.59 Å². The van der Waals surface area contributed by atoms with Crippen LogP contribution in [-0.4, -0.2) is 7.11 Å². The van der Waals surface area contributed by atoms with Gasteiger partial charge in [0.05, 0.1) is 12.7 Å². The minimum Gasteiger partial charge on any atom is -0.493 e. The van der Waals surface area contributed by atoms with Gasteiger partial charge in [0.25, 0.3) is 0 Å². The topological polar surface area (TPSA) is 78.9 Å². The van der Waals surface area contributed by atoms with Crippen LogP contribution in [0.1, 0.15) is 5.56 Å². The Morgan fingerprint density at radius 1 is 0.879 bits per heavy atom. The monoisotopic (exact) mass is 460 g/mol. The Balaban J connectivity index is 1.57. The van der Waals surface area contributed by atoms with Crippen LogP contribution in [0.15, 0.2) is 91.2 Å². The Labute approximate surface area is 192 Å². The highest BCUT2D eigenvalue weighted by Gasteiger charge is 2.16. The second-order valence-electron chi connectivity index (χ2n) is 7.38. The summed E-state index contributed by atoms with van der Waals surface area (Å²) in [6.45, 7) is 0.298. The third-order valence-electron chi connectivity index (χ3n) is 5.24. The molecule has 0 spiro atoms. The van der Waals surface area contributed by atoms with Crippen LogP contribution >= 0.6 is 11.6 Å². The van der Waals surface area contributed by atoms with E-state index in [1.807, 2.05) is 18.2 Å². The van der Waals surface area contributed by atoms with Gasteiger partial charge >= 0.3 is 11.3 Å². The van der Waals surface area contributed by atoms with Crippen molar-refractivity contribution in [2.24, 2.45) is 0 Å². The van der Waals surface area contributed by atoms with Gasteiger partial charge in [-0.2, -0.15) is 0 Å². The lowest BCUT2D eigenvalue weighted by atomic mass is 10.0. The van der Waals surface area contributed by atoms with E-state index in [2.05, 4.69) is 0 Å². The second kappa shape index (κ2) is 8.48. The number of halogens is 1. The normalized spacial score (nSPS) is 11.1. The molecular formula is C26H17ClO6. The van der Waals surface area contributed by atoms with Crippen LogP contribution in [0.5, 0.6) is 11.5 Å². The summed E-state index contributed by atoms with van der Waals surface area (Å²) in [5, 5.41) is 1.88. The zero-order valence-electron chi connectivity index (χ0n) is 17.5. The molecule has 0 unspecified atom stereocenters. The smallest absolute Gasteiger partial charge is 0.344 e. The summed E-state index contributed by atoms with van der Waals surface area (Å²) in [4.78, 5) is 25.1. The van der Waals surface area contributed by atoms with Gasteiger partial charge in [-0.3, -0.25) is 0 Å². The molecule has 6 nitrogen and oxygen atoms in total. The first-order valence-electron chi connectivity index (χ1n) is 10.1. The molecule has 0 N–H and O–H groups in total. The third kappa shape index (κ3) is 4.08. The summed E-state index contributed by atoms with van der Waals surface area (Å²) >= 11 is 6.02. The predicted octanol–water partition coefficient (Wildman–Crippen LogP) is 5.81. The molecular weight excluding hydrogens is 444 g/mol. The van der Waals surface area contributed by atoms with Gasteiger partial charge in [-0.15, -0.1) is 0 Å². The van der Waals surface area contributed by atoms with Crippen LogP contribution in [0, 0.1) is 0 Å². The molecule has 0 bridgehead atoms. The van der Waals surface area contributed by atoms with Gasteiger partial charge < -0.3 is 18.3 Å². The van der Waals surface area contributed by atoms with Crippen LogP contribution in [0.2, 0.25) is 5.02 Å². The molecule has 33 heavy (non-hydrogen) atoms. The summed E-state index contributed by atoms with van der Waals surface area (Å²) in [6.07, 6.45) is 0. The molecule has 5 rings (SSSR count). The van der Waals surface area contributed by atoms with Crippen molar-refractivity contribution >= 4 is 33.5 Å². The standard InChI is InChI=1S/C26H17ClO6/c1-30-22-7-3-5-16-11-21(26(29)33-25(16)22)20-13-24(28)32-23-12-18(8-9-19(20)23)31-14-15-4-2-6-17(27)10-15/h2-13H,14H2,1H3. The molecule has 2 aromatic heterocycles. The third-order valence-corrected chi connectivity index (χ3v) is 5.48. The lowest BCUT2D eigenvalue weighted by molar-refractivity contribution is 0.306. The molecule has 0 atom stereocenters. The van der Waals surface area contributed by atoms with Crippen molar-refractivity contribution in [2.45, 2.75) is 6.61 Å². The van der Waals surface area contributed by atoms with E-state index in [0.717, 1.165) is 5.56 Å². The maximum atomic E-state index is 12.8. The molecule has 0 saturated carbocycles. The van der Waals surface area contributed by atoms with Crippen LogP contribution in [0.3, 0.4) is 0 Å². The van der Waals surface area contributed by atoms with E-state index in [1.54, 1.807) is 48.5 Å². The average molecular weight is 461 g/mol. The fourth-order valence-electron chi connectivity index (χ4n) is 3.72. The summed E-state index contributed by atoms with van der Waals surface area (Å²) < 4.78 is 22.0. The van der Waals surface area contributed by atoms with Crippen LogP contribution in [-0.2, 0) is 6.61 Å². The largest absolute Gasteiger partial charge is 0.493 e. The van der Waals surface area contributed by atoms with E-state index in [-0.39, 0.29) is 5.56 Å². The minimum atomic E-state index is -0.588. The van der Waals surface area contributed by atoms with Crippen molar-refractivity contribution in [3.8, 4) is 22.6 Å². The Morgan fingerprint density at radius 3 is 2.55 bits per heavy atom. The van der Waals surface area contributed by atoms with E-state index >= 15 is 0 Å². The maximum absolute atomic E-state index is 12.8. The van der Waals surface area contributed by atoms with Crippen molar-refractivity contribution in [1.29, 1.82) is 0 Å². The second-order valence-corrected chi connectivity index (χ2v) is 7.82. The van der Waals surface area contributed by atoms with E-state index in [1.165, 1.54) is 13.2 Å². The molecule has 0 radical (unpaired) electrons. The Hall–Kier alpha value is -4.03. The Bertz CT molecular complexity index is 1620. The highest BCUT2D eigenvalue weighted by Crippen LogP contribution is 2.32. The van der Waals surface area contributed by atoms with Gasteiger partial charge in [0.15, 0.2) is 11.3 Å². The SMILES string of the molecule is COc1cccc2cc(-c3cc(=O)oc4cc(OCc5cccc(Cl)c5)ccc34)c(=O)oc12. The molecule has 3 aromatic carbocycles. The fourth-order valence-corrected chi connectivity index (χ4v) is 3.93. The van der Waals surface area contributed by atoms with Crippen LogP contribution < -0.4 is 20.7 Å². The van der Waals surface area contributed by atoms with Crippen molar-refractivity contribution in [3.05, 3.63) is 104 Å². The summed E-state index contributed by atoms with van der Waals surface area (Å²) in [6, 6.07) is 20.7. The molecule has 0 amide bonds. The molecule has 0 aliphatic carbocycles. The van der Waals surface area contributed by atoms with Crippen LogP contribution in [0.4, 0.5) is 0 Å². The van der Waals surface area contributed by atoms with Crippen molar-refractivity contribution in [2.75, 3.05) is 7.11 Å². The summed E-state index contributed by atoms with van der Waals surface area (Å²) in [7, 11) is 1.50. The first-order valence-corrected chi connectivity index (χ1v) is 10.5. The number of fused-ring (bicyclic) bond motifs is 2. The number of hydrogen-bond acceptors (Lipinski definition) is 6. The predicted molar refractivity (Wildman–Crippen MR) is 126 cm³/mol. The Morgan fingerprint density at radius 2 is 1.73 bits per heavy atom. The minimum absolute atomic E-state index is 0.251. The number of benzene rings is 3. The number of hydrogen-bond donors (Lipinski definition) is 0. The van der Waals surface area contributed by atoms with E-state index in [4.69, 9.17) is 29.9 Å². The highest BCUT2D eigenvalue weighted by atomic mass is 35.5. The Kier molecular flexibility index (Phi) is 5.36. The number of para-hydroxylation sites is 1. The molecule has 5 aromatic rings. The number of rotatable bonds is 5. The molecule has 0 aliphatic heterocycles. The zero-order valence-corrected chi connectivity index (χ0v) is 18.2. The van der Waals surface area contributed by atoms with Gasteiger partial charge in [0.1, 0.15) is 17.9 Å². The summed E-state index contributed by atoms with van der Waals surface area (Å²) in [5.41, 5.74) is 1.04. The number of methoxy groups -OCH3 is 1. The molecule has 2 heterocycles. The zero-order chi connectivity index (χ0) is 22.9.